The highest BCUT2D eigenvalue weighted by Crippen LogP contribution is 2.36. The summed E-state index contributed by atoms with van der Waals surface area (Å²) in [5, 5.41) is 10.2. The molecule has 108 valence electrons. The molecule has 0 heterocycles. The number of sulfonamides is 1. The first kappa shape index (κ1) is 15.8. The normalized spacial score (nSPS) is 12.2. The molecule has 0 radical (unpaired) electrons. The molecule has 5 heteroatoms. The topological polar surface area (TPSA) is 66.4 Å². The van der Waals surface area contributed by atoms with Crippen LogP contribution in [0.2, 0.25) is 0 Å². The van der Waals surface area contributed by atoms with Crippen molar-refractivity contribution in [1.82, 2.24) is 0 Å². The molecule has 0 fully saturated rings. The molecular formula is C14H23NO3S. The van der Waals surface area contributed by atoms with Crippen molar-refractivity contribution >= 4 is 15.7 Å². The van der Waals surface area contributed by atoms with E-state index in [2.05, 4.69) is 4.72 Å². The molecule has 4 nitrogen and oxygen atoms in total. The monoisotopic (exact) mass is 285 g/mol. The molecule has 1 aromatic rings. The van der Waals surface area contributed by atoms with Crippen LogP contribution in [0, 0.1) is 0 Å². The lowest BCUT2D eigenvalue weighted by Gasteiger charge is -2.18. The Balaban J connectivity index is 3.35. The number of hydrogen-bond acceptors (Lipinski definition) is 3. The average Bonchev–Trinajstić information content (AvgIpc) is 2.30. The second-order valence-corrected chi connectivity index (χ2v) is 7.33. The van der Waals surface area contributed by atoms with Crippen LogP contribution in [-0.2, 0) is 10.0 Å². The SMILES string of the molecule is CCS(=O)(=O)Nc1cc(C(C)C)c(O)c(C(C)C)c1. The third-order valence-corrected chi connectivity index (χ3v) is 4.37. The van der Waals surface area contributed by atoms with E-state index in [-0.39, 0.29) is 23.3 Å². The lowest BCUT2D eigenvalue weighted by Crippen LogP contribution is -2.15. The van der Waals surface area contributed by atoms with Gasteiger partial charge in [-0.3, -0.25) is 4.72 Å². The quantitative estimate of drug-likeness (QED) is 0.815. The van der Waals surface area contributed by atoms with Crippen LogP contribution in [0.5, 0.6) is 5.75 Å². The molecule has 0 amide bonds. The lowest BCUT2D eigenvalue weighted by atomic mass is 9.93. The second kappa shape index (κ2) is 5.82. The smallest absolute Gasteiger partial charge is 0.232 e. The summed E-state index contributed by atoms with van der Waals surface area (Å²) >= 11 is 0. The number of aromatic hydroxyl groups is 1. The summed E-state index contributed by atoms with van der Waals surface area (Å²) in [5.74, 6) is 0.554. The van der Waals surface area contributed by atoms with Crippen molar-refractivity contribution in [2.24, 2.45) is 0 Å². The van der Waals surface area contributed by atoms with Crippen molar-refractivity contribution < 1.29 is 13.5 Å². The Kier molecular flexibility index (Phi) is 4.85. The van der Waals surface area contributed by atoms with Crippen LogP contribution < -0.4 is 4.72 Å². The van der Waals surface area contributed by atoms with Gasteiger partial charge < -0.3 is 5.11 Å². The molecule has 0 saturated carbocycles. The maximum atomic E-state index is 11.6. The Morgan fingerprint density at radius 3 is 1.84 bits per heavy atom. The van der Waals surface area contributed by atoms with Crippen LogP contribution in [0.15, 0.2) is 12.1 Å². The number of phenolic OH excluding ortho intramolecular Hbond substituents is 1. The van der Waals surface area contributed by atoms with Gasteiger partial charge in [-0.1, -0.05) is 27.7 Å². The average molecular weight is 285 g/mol. The van der Waals surface area contributed by atoms with Gasteiger partial charge in [-0.2, -0.15) is 0 Å². The number of benzene rings is 1. The molecule has 0 aliphatic heterocycles. The molecule has 1 rings (SSSR count). The maximum absolute atomic E-state index is 11.6. The van der Waals surface area contributed by atoms with Gasteiger partial charge in [-0.05, 0) is 42.0 Å². The Hall–Kier alpha value is -1.23. The fourth-order valence-electron chi connectivity index (χ4n) is 1.87. The zero-order valence-electron chi connectivity index (χ0n) is 12.2. The van der Waals surface area contributed by atoms with Gasteiger partial charge >= 0.3 is 0 Å². The summed E-state index contributed by atoms with van der Waals surface area (Å²) in [6.07, 6.45) is 0. The summed E-state index contributed by atoms with van der Waals surface area (Å²) in [6, 6.07) is 3.41. The molecular weight excluding hydrogens is 262 g/mol. The molecule has 0 spiro atoms. The van der Waals surface area contributed by atoms with Gasteiger partial charge in [-0.25, -0.2) is 8.42 Å². The zero-order chi connectivity index (χ0) is 14.8. The third kappa shape index (κ3) is 3.86. The highest BCUT2D eigenvalue weighted by Gasteiger charge is 2.17. The minimum Gasteiger partial charge on any atom is -0.507 e. The van der Waals surface area contributed by atoms with E-state index in [0.717, 1.165) is 11.1 Å². The minimum atomic E-state index is -3.30. The molecule has 0 aliphatic carbocycles. The molecule has 0 bridgehead atoms. The summed E-state index contributed by atoms with van der Waals surface area (Å²) in [5.41, 5.74) is 2.05. The molecule has 0 aromatic heterocycles. The first-order chi connectivity index (χ1) is 8.68. The van der Waals surface area contributed by atoms with Gasteiger partial charge in [0.25, 0.3) is 0 Å². The molecule has 19 heavy (non-hydrogen) atoms. The van der Waals surface area contributed by atoms with Gasteiger partial charge in [0.15, 0.2) is 0 Å². The fourth-order valence-corrected chi connectivity index (χ4v) is 2.49. The van der Waals surface area contributed by atoms with E-state index in [1.54, 1.807) is 19.1 Å². The molecule has 2 N–H and O–H groups in total. The van der Waals surface area contributed by atoms with Crippen molar-refractivity contribution in [2.75, 3.05) is 10.5 Å². The van der Waals surface area contributed by atoms with Crippen LogP contribution in [-0.4, -0.2) is 19.3 Å². The Labute approximate surface area is 115 Å². The van der Waals surface area contributed by atoms with E-state index >= 15 is 0 Å². The third-order valence-electron chi connectivity index (χ3n) is 3.07. The van der Waals surface area contributed by atoms with Crippen molar-refractivity contribution in [3.8, 4) is 5.75 Å². The first-order valence-corrected chi connectivity index (χ1v) is 8.20. The highest BCUT2D eigenvalue weighted by molar-refractivity contribution is 7.92. The largest absolute Gasteiger partial charge is 0.507 e. The fraction of sp³-hybridized carbons (Fsp3) is 0.571. The summed E-state index contributed by atoms with van der Waals surface area (Å²) < 4.78 is 25.8. The molecule has 0 aliphatic rings. The van der Waals surface area contributed by atoms with Gasteiger partial charge in [0.05, 0.1) is 5.75 Å². The minimum absolute atomic E-state index is 0.0297. The number of hydrogen-bond donors (Lipinski definition) is 2. The number of rotatable bonds is 5. The van der Waals surface area contributed by atoms with Crippen molar-refractivity contribution in [1.29, 1.82) is 0 Å². The van der Waals surface area contributed by atoms with Crippen LogP contribution >= 0.6 is 0 Å². The van der Waals surface area contributed by atoms with E-state index in [9.17, 15) is 13.5 Å². The van der Waals surface area contributed by atoms with E-state index in [1.165, 1.54) is 0 Å². The predicted octanol–water partition coefficient (Wildman–Crippen LogP) is 3.40. The van der Waals surface area contributed by atoms with E-state index in [0.29, 0.717) is 5.69 Å². The van der Waals surface area contributed by atoms with Gasteiger partial charge in [0, 0.05) is 5.69 Å². The summed E-state index contributed by atoms with van der Waals surface area (Å²) in [4.78, 5) is 0. The molecule has 0 saturated heterocycles. The molecule has 1 aromatic carbocycles. The Morgan fingerprint density at radius 2 is 1.53 bits per heavy atom. The predicted molar refractivity (Wildman–Crippen MR) is 79.4 cm³/mol. The van der Waals surface area contributed by atoms with Crippen LogP contribution in [0.25, 0.3) is 0 Å². The van der Waals surface area contributed by atoms with Crippen molar-refractivity contribution in [3.63, 3.8) is 0 Å². The molecule has 0 unspecified atom stereocenters. The number of anilines is 1. The van der Waals surface area contributed by atoms with Crippen LogP contribution in [0.3, 0.4) is 0 Å². The summed E-state index contributed by atoms with van der Waals surface area (Å²) in [6.45, 7) is 9.47. The summed E-state index contributed by atoms with van der Waals surface area (Å²) in [7, 11) is -3.30. The number of phenols is 1. The number of nitrogens with one attached hydrogen (secondary N) is 1. The van der Waals surface area contributed by atoms with E-state index in [4.69, 9.17) is 0 Å². The molecule has 0 atom stereocenters. The van der Waals surface area contributed by atoms with Crippen LogP contribution in [0.4, 0.5) is 5.69 Å². The van der Waals surface area contributed by atoms with Gasteiger partial charge in [0.1, 0.15) is 5.75 Å². The standard InChI is InChI=1S/C14H23NO3S/c1-6-19(17,18)15-11-7-12(9(2)3)14(16)13(8-11)10(4)5/h7-10,15-16H,6H2,1-5H3. The zero-order valence-corrected chi connectivity index (χ0v) is 13.0. The van der Waals surface area contributed by atoms with Gasteiger partial charge in [-0.15, -0.1) is 0 Å². The van der Waals surface area contributed by atoms with Crippen LogP contribution in [0.1, 0.15) is 57.6 Å². The second-order valence-electron chi connectivity index (χ2n) is 5.32. The lowest BCUT2D eigenvalue weighted by molar-refractivity contribution is 0.454. The highest BCUT2D eigenvalue weighted by atomic mass is 32.2. The van der Waals surface area contributed by atoms with Crippen molar-refractivity contribution in [3.05, 3.63) is 23.3 Å². The Morgan fingerprint density at radius 1 is 1.11 bits per heavy atom. The maximum Gasteiger partial charge on any atom is 0.232 e. The van der Waals surface area contributed by atoms with Gasteiger partial charge in [0.2, 0.25) is 10.0 Å². The van der Waals surface area contributed by atoms with Crippen molar-refractivity contribution in [2.45, 2.75) is 46.5 Å². The van der Waals surface area contributed by atoms with E-state index in [1.807, 2.05) is 27.7 Å². The van der Waals surface area contributed by atoms with E-state index < -0.39 is 10.0 Å². The Bertz CT molecular complexity index is 519. The first-order valence-electron chi connectivity index (χ1n) is 6.55.